The third kappa shape index (κ3) is 4.24. The van der Waals surface area contributed by atoms with Crippen LogP contribution >= 0.6 is 0 Å². The normalized spacial score (nSPS) is 13.3. The maximum absolute atomic E-state index is 12.1. The Hall–Kier alpha value is -1.19. The SMILES string of the molecule is CCC(C)(C)C(=O)CC(C(=O)OC)C(=O)C(C)C. The molecule has 0 heterocycles. The topological polar surface area (TPSA) is 60.4 Å². The van der Waals surface area contributed by atoms with Crippen LogP contribution in [0.3, 0.4) is 0 Å². The minimum absolute atomic E-state index is 0.0650. The van der Waals surface area contributed by atoms with Crippen LogP contribution in [0.4, 0.5) is 0 Å². The number of ketones is 2. The largest absolute Gasteiger partial charge is 0.468 e. The molecule has 0 saturated carbocycles. The first-order valence-corrected chi connectivity index (χ1v) is 6.32. The first-order chi connectivity index (χ1) is 8.17. The summed E-state index contributed by atoms with van der Waals surface area (Å²) < 4.78 is 4.62. The van der Waals surface area contributed by atoms with Crippen molar-refractivity contribution in [1.29, 1.82) is 0 Å². The van der Waals surface area contributed by atoms with Gasteiger partial charge in [0.05, 0.1) is 7.11 Å². The maximum atomic E-state index is 12.1. The van der Waals surface area contributed by atoms with Crippen molar-refractivity contribution in [2.75, 3.05) is 7.11 Å². The quantitative estimate of drug-likeness (QED) is 0.518. The zero-order valence-corrected chi connectivity index (χ0v) is 12.2. The highest BCUT2D eigenvalue weighted by Gasteiger charge is 2.35. The number of esters is 1. The Balaban J connectivity index is 4.98. The molecule has 1 atom stereocenters. The Kier molecular flexibility index (Phi) is 6.22. The Bertz CT molecular complexity index is 329. The van der Waals surface area contributed by atoms with Crippen LogP contribution in [0.25, 0.3) is 0 Å². The van der Waals surface area contributed by atoms with Crippen LogP contribution in [-0.2, 0) is 19.1 Å². The molecular weight excluding hydrogens is 232 g/mol. The van der Waals surface area contributed by atoms with Gasteiger partial charge in [-0.3, -0.25) is 14.4 Å². The Labute approximate surface area is 109 Å². The summed E-state index contributed by atoms with van der Waals surface area (Å²) in [6.45, 7) is 8.99. The summed E-state index contributed by atoms with van der Waals surface area (Å²) >= 11 is 0. The van der Waals surface area contributed by atoms with Crippen molar-refractivity contribution in [3.8, 4) is 0 Å². The second-order valence-corrected chi connectivity index (χ2v) is 5.50. The fourth-order valence-corrected chi connectivity index (χ4v) is 1.50. The van der Waals surface area contributed by atoms with Gasteiger partial charge in [-0.05, 0) is 6.42 Å². The van der Waals surface area contributed by atoms with Gasteiger partial charge in [0, 0.05) is 17.8 Å². The Morgan fingerprint density at radius 1 is 1.17 bits per heavy atom. The monoisotopic (exact) mass is 256 g/mol. The molecule has 1 unspecified atom stereocenters. The average Bonchev–Trinajstić information content (AvgIpc) is 2.33. The molecule has 0 aromatic heterocycles. The molecule has 18 heavy (non-hydrogen) atoms. The van der Waals surface area contributed by atoms with Gasteiger partial charge >= 0.3 is 5.97 Å². The smallest absolute Gasteiger partial charge is 0.316 e. The van der Waals surface area contributed by atoms with Crippen molar-refractivity contribution in [2.24, 2.45) is 17.3 Å². The van der Waals surface area contributed by atoms with Gasteiger partial charge in [-0.25, -0.2) is 0 Å². The summed E-state index contributed by atoms with van der Waals surface area (Å²) in [5.74, 6) is -2.18. The van der Waals surface area contributed by atoms with Crippen LogP contribution in [0.15, 0.2) is 0 Å². The minimum atomic E-state index is -0.965. The summed E-state index contributed by atoms with van der Waals surface area (Å²) in [4.78, 5) is 35.6. The van der Waals surface area contributed by atoms with E-state index in [-0.39, 0.29) is 23.9 Å². The highest BCUT2D eigenvalue weighted by molar-refractivity contribution is 6.03. The number of Topliss-reactive ketones (excluding diaryl/α,β-unsaturated/α-hetero) is 2. The van der Waals surface area contributed by atoms with E-state index in [9.17, 15) is 14.4 Å². The van der Waals surface area contributed by atoms with E-state index in [1.54, 1.807) is 13.8 Å². The molecule has 0 spiro atoms. The van der Waals surface area contributed by atoms with E-state index < -0.39 is 17.3 Å². The van der Waals surface area contributed by atoms with Crippen LogP contribution in [0, 0.1) is 17.3 Å². The fourth-order valence-electron chi connectivity index (χ4n) is 1.50. The number of rotatable bonds is 7. The molecule has 0 aromatic carbocycles. The highest BCUT2D eigenvalue weighted by atomic mass is 16.5. The van der Waals surface area contributed by atoms with E-state index in [0.717, 1.165) is 0 Å². The molecule has 0 fully saturated rings. The molecule has 104 valence electrons. The zero-order chi connectivity index (χ0) is 14.5. The van der Waals surface area contributed by atoms with Crippen molar-refractivity contribution in [2.45, 2.75) is 47.5 Å². The average molecular weight is 256 g/mol. The van der Waals surface area contributed by atoms with E-state index in [2.05, 4.69) is 4.74 Å². The molecule has 0 aromatic rings. The number of hydrogen-bond donors (Lipinski definition) is 0. The lowest BCUT2D eigenvalue weighted by Gasteiger charge is -2.23. The molecule has 0 aliphatic rings. The Morgan fingerprint density at radius 3 is 2.00 bits per heavy atom. The van der Waals surface area contributed by atoms with E-state index in [1.165, 1.54) is 7.11 Å². The van der Waals surface area contributed by atoms with E-state index in [0.29, 0.717) is 6.42 Å². The second kappa shape index (κ2) is 6.66. The summed E-state index contributed by atoms with van der Waals surface area (Å²) in [6, 6.07) is 0. The van der Waals surface area contributed by atoms with Gasteiger partial charge in [0.25, 0.3) is 0 Å². The highest BCUT2D eigenvalue weighted by Crippen LogP contribution is 2.26. The van der Waals surface area contributed by atoms with Crippen molar-refractivity contribution in [1.82, 2.24) is 0 Å². The molecule has 0 rings (SSSR count). The summed E-state index contributed by atoms with van der Waals surface area (Å²) in [5.41, 5.74) is -0.510. The lowest BCUT2D eigenvalue weighted by atomic mass is 9.79. The lowest BCUT2D eigenvalue weighted by molar-refractivity contribution is -0.153. The van der Waals surface area contributed by atoms with Crippen LogP contribution in [0.5, 0.6) is 0 Å². The first kappa shape index (κ1) is 16.8. The third-order valence-corrected chi connectivity index (χ3v) is 3.43. The van der Waals surface area contributed by atoms with Crippen molar-refractivity contribution in [3.05, 3.63) is 0 Å². The summed E-state index contributed by atoms with van der Waals surface area (Å²) in [6.07, 6.45) is 0.611. The van der Waals surface area contributed by atoms with Crippen LogP contribution < -0.4 is 0 Å². The van der Waals surface area contributed by atoms with Gasteiger partial charge in [-0.2, -0.15) is 0 Å². The van der Waals surface area contributed by atoms with Crippen LogP contribution in [0.1, 0.15) is 47.5 Å². The van der Waals surface area contributed by atoms with Crippen molar-refractivity contribution < 1.29 is 19.1 Å². The number of carbonyl (C=O) groups excluding carboxylic acids is 3. The zero-order valence-electron chi connectivity index (χ0n) is 12.2. The molecule has 0 amide bonds. The standard InChI is InChI=1S/C14H24O4/c1-7-14(4,5)11(15)8-10(13(17)18-6)12(16)9(2)3/h9-10H,7-8H2,1-6H3. The molecular formula is C14H24O4. The van der Waals surface area contributed by atoms with E-state index >= 15 is 0 Å². The molecule has 4 heteroatoms. The van der Waals surface area contributed by atoms with Crippen LogP contribution in [-0.4, -0.2) is 24.6 Å². The van der Waals surface area contributed by atoms with Gasteiger partial charge in [0.1, 0.15) is 17.5 Å². The lowest BCUT2D eigenvalue weighted by Crippen LogP contribution is -2.34. The third-order valence-electron chi connectivity index (χ3n) is 3.43. The molecule has 0 N–H and O–H groups in total. The predicted molar refractivity (Wildman–Crippen MR) is 69.0 cm³/mol. The predicted octanol–water partition coefficient (Wildman–Crippen LogP) is 2.40. The van der Waals surface area contributed by atoms with Crippen molar-refractivity contribution in [3.63, 3.8) is 0 Å². The number of hydrogen-bond acceptors (Lipinski definition) is 4. The van der Waals surface area contributed by atoms with Gasteiger partial charge in [0.2, 0.25) is 0 Å². The molecule has 0 aliphatic heterocycles. The molecule has 4 nitrogen and oxygen atoms in total. The van der Waals surface area contributed by atoms with Gasteiger partial charge in [-0.15, -0.1) is 0 Å². The first-order valence-electron chi connectivity index (χ1n) is 6.32. The molecule has 0 radical (unpaired) electrons. The number of ether oxygens (including phenoxy) is 1. The Morgan fingerprint density at radius 2 is 1.67 bits per heavy atom. The molecule has 0 aliphatic carbocycles. The number of carbonyl (C=O) groups is 3. The van der Waals surface area contributed by atoms with Gasteiger partial charge in [-0.1, -0.05) is 34.6 Å². The number of methoxy groups -OCH3 is 1. The molecule has 0 saturated heterocycles. The van der Waals surface area contributed by atoms with E-state index in [1.807, 2.05) is 20.8 Å². The second-order valence-electron chi connectivity index (χ2n) is 5.50. The van der Waals surface area contributed by atoms with Crippen molar-refractivity contribution >= 4 is 17.5 Å². The maximum Gasteiger partial charge on any atom is 0.316 e. The summed E-state index contributed by atoms with van der Waals surface area (Å²) in [5, 5.41) is 0. The molecule has 0 bridgehead atoms. The van der Waals surface area contributed by atoms with Crippen LogP contribution in [0.2, 0.25) is 0 Å². The van der Waals surface area contributed by atoms with Gasteiger partial charge < -0.3 is 4.74 Å². The summed E-state index contributed by atoms with van der Waals surface area (Å²) in [7, 11) is 1.23. The van der Waals surface area contributed by atoms with Gasteiger partial charge in [0.15, 0.2) is 0 Å². The fraction of sp³-hybridized carbons (Fsp3) is 0.786. The minimum Gasteiger partial charge on any atom is -0.468 e. The van der Waals surface area contributed by atoms with E-state index in [4.69, 9.17) is 0 Å².